The van der Waals surface area contributed by atoms with E-state index < -0.39 is 16.0 Å². The van der Waals surface area contributed by atoms with E-state index in [1.807, 2.05) is 6.07 Å². The van der Waals surface area contributed by atoms with Crippen LogP contribution >= 0.6 is 0 Å². The zero-order chi connectivity index (χ0) is 20.3. The molecule has 0 saturated heterocycles. The summed E-state index contributed by atoms with van der Waals surface area (Å²) in [4.78, 5) is 12.8. The lowest BCUT2D eigenvalue weighted by Gasteiger charge is -2.18. The van der Waals surface area contributed by atoms with Gasteiger partial charge in [0.2, 0.25) is 0 Å². The molecule has 28 heavy (non-hydrogen) atoms. The van der Waals surface area contributed by atoms with Gasteiger partial charge in [0.15, 0.2) is 0 Å². The average Bonchev–Trinajstić information content (AvgIpc) is 2.71. The third-order valence-electron chi connectivity index (χ3n) is 4.14. The SMILES string of the molecule is COc1cc2c(OC)cccc2cc1C(=O)N(C)OS(=O)(=O)c1ccccc1. The first-order chi connectivity index (χ1) is 13.4. The Balaban J connectivity index is 1.96. The Kier molecular flexibility index (Phi) is 5.53. The normalized spacial score (nSPS) is 11.2. The van der Waals surface area contributed by atoms with Crippen LogP contribution in [0.3, 0.4) is 0 Å². The van der Waals surface area contributed by atoms with Crippen molar-refractivity contribution >= 4 is 26.8 Å². The summed E-state index contributed by atoms with van der Waals surface area (Å²) in [5.74, 6) is 0.238. The van der Waals surface area contributed by atoms with E-state index in [4.69, 9.17) is 13.8 Å². The number of ether oxygens (including phenoxy) is 2. The molecule has 0 bridgehead atoms. The number of hydrogen-bond donors (Lipinski definition) is 0. The molecule has 0 saturated carbocycles. The molecule has 0 spiro atoms. The number of amides is 1. The summed E-state index contributed by atoms with van der Waals surface area (Å²) in [6, 6.07) is 16.3. The van der Waals surface area contributed by atoms with Crippen LogP contribution in [-0.2, 0) is 14.4 Å². The zero-order valence-corrected chi connectivity index (χ0v) is 16.4. The molecule has 8 heteroatoms. The van der Waals surface area contributed by atoms with Crippen molar-refractivity contribution in [3.8, 4) is 11.5 Å². The van der Waals surface area contributed by atoms with Crippen molar-refractivity contribution in [2.45, 2.75) is 4.90 Å². The van der Waals surface area contributed by atoms with E-state index in [0.29, 0.717) is 10.8 Å². The lowest BCUT2D eigenvalue weighted by atomic mass is 10.0. The van der Waals surface area contributed by atoms with Crippen LogP contribution in [0, 0.1) is 0 Å². The maximum atomic E-state index is 12.9. The number of carbonyl (C=O) groups is 1. The first kappa shape index (κ1) is 19.7. The second-order valence-electron chi connectivity index (χ2n) is 5.88. The van der Waals surface area contributed by atoms with Gasteiger partial charge in [0.1, 0.15) is 11.5 Å². The number of hydrogen-bond acceptors (Lipinski definition) is 6. The van der Waals surface area contributed by atoms with Gasteiger partial charge in [-0.25, -0.2) is 5.06 Å². The topological polar surface area (TPSA) is 82.1 Å². The minimum absolute atomic E-state index is 0.0511. The summed E-state index contributed by atoms with van der Waals surface area (Å²) < 4.78 is 40.4. The summed E-state index contributed by atoms with van der Waals surface area (Å²) in [5.41, 5.74) is 0.161. The van der Waals surface area contributed by atoms with Gasteiger partial charge >= 0.3 is 10.1 Å². The van der Waals surface area contributed by atoms with Gasteiger partial charge in [0.05, 0.1) is 24.7 Å². The van der Waals surface area contributed by atoms with E-state index in [-0.39, 0.29) is 16.2 Å². The zero-order valence-electron chi connectivity index (χ0n) is 15.6. The quantitative estimate of drug-likeness (QED) is 0.590. The summed E-state index contributed by atoms with van der Waals surface area (Å²) >= 11 is 0. The minimum atomic E-state index is -4.14. The van der Waals surface area contributed by atoms with E-state index in [1.54, 1.807) is 49.6 Å². The van der Waals surface area contributed by atoms with Crippen molar-refractivity contribution < 1.29 is 27.0 Å². The minimum Gasteiger partial charge on any atom is -0.496 e. The molecule has 0 atom stereocenters. The van der Waals surface area contributed by atoms with E-state index in [1.165, 1.54) is 26.3 Å². The van der Waals surface area contributed by atoms with Crippen molar-refractivity contribution in [1.82, 2.24) is 5.06 Å². The number of methoxy groups -OCH3 is 2. The first-order valence-corrected chi connectivity index (χ1v) is 9.70. The highest BCUT2D eigenvalue weighted by Crippen LogP contribution is 2.32. The maximum absolute atomic E-state index is 12.9. The lowest BCUT2D eigenvalue weighted by molar-refractivity contribution is -0.00902. The number of rotatable bonds is 6. The molecule has 0 N–H and O–H groups in total. The Labute approximate surface area is 163 Å². The van der Waals surface area contributed by atoms with E-state index in [0.717, 1.165) is 10.8 Å². The smallest absolute Gasteiger partial charge is 0.317 e. The molecule has 0 fully saturated rings. The molecular weight excluding hydrogens is 382 g/mol. The van der Waals surface area contributed by atoms with E-state index in [9.17, 15) is 13.2 Å². The molecule has 0 aliphatic heterocycles. The third-order valence-corrected chi connectivity index (χ3v) is 5.41. The molecule has 0 aliphatic carbocycles. The van der Waals surface area contributed by atoms with Gasteiger partial charge in [0.25, 0.3) is 5.91 Å². The lowest BCUT2D eigenvalue weighted by Crippen LogP contribution is -2.30. The Morgan fingerprint density at radius 1 is 0.893 bits per heavy atom. The molecule has 1 amide bonds. The van der Waals surface area contributed by atoms with E-state index >= 15 is 0 Å². The van der Waals surface area contributed by atoms with Crippen LogP contribution in [0.4, 0.5) is 0 Å². The Bertz CT molecular complexity index is 1110. The molecule has 146 valence electrons. The fourth-order valence-electron chi connectivity index (χ4n) is 2.77. The molecule has 3 aromatic rings. The Morgan fingerprint density at radius 3 is 2.21 bits per heavy atom. The maximum Gasteiger partial charge on any atom is 0.317 e. The van der Waals surface area contributed by atoms with Gasteiger partial charge in [-0.2, -0.15) is 8.42 Å². The van der Waals surface area contributed by atoms with Crippen LogP contribution in [-0.4, -0.2) is 40.7 Å². The van der Waals surface area contributed by atoms with Gasteiger partial charge in [-0.3, -0.25) is 4.79 Å². The van der Waals surface area contributed by atoms with Crippen LogP contribution in [0.1, 0.15) is 10.4 Å². The standard InChI is InChI=1S/C20H19NO6S/c1-21(27-28(23,24)15-9-5-4-6-10-15)20(22)17-12-14-8-7-11-18(25-2)16(14)13-19(17)26-3/h4-13H,1-3H3. The molecule has 0 aromatic heterocycles. The van der Waals surface area contributed by atoms with Gasteiger partial charge < -0.3 is 9.47 Å². The monoisotopic (exact) mass is 401 g/mol. The molecular formula is C20H19NO6S. The second kappa shape index (κ2) is 7.87. The van der Waals surface area contributed by atoms with Crippen LogP contribution in [0.25, 0.3) is 10.8 Å². The van der Waals surface area contributed by atoms with Crippen molar-refractivity contribution in [2.75, 3.05) is 21.3 Å². The van der Waals surface area contributed by atoms with Gasteiger partial charge in [-0.1, -0.05) is 30.3 Å². The number of hydroxylamine groups is 2. The number of benzene rings is 3. The fourth-order valence-corrected chi connectivity index (χ4v) is 3.71. The molecule has 7 nitrogen and oxygen atoms in total. The second-order valence-corrected chi connectivity index (χ2v) is 7.41. The highest BCUT2D eigenvalue weighted by Gasteiger charge is 2.25. The Hall–Kier alpha value is -3.10. The predicted molar refractivity (Wildman–Crippen MR) is 104 cm³/mol. The molecule has 0 radical (unpaired) electrons. The van der Waals surface area contributed by atoms with Crippen LogP contribution < -0.4 is 9.47 Å². The molecule has 0 heterocycles. The number of nitrogens with zero attached hydrogens (tertiary/aromatic N) is 1. The van der Waals surface area contributed by atoms with Crippen molar-refractivity contribution in [1.29, 1.82) is 0 Å². The number of carbonyl (C=O) groups excluding carboxylic acids is 1. The summed E-state index contributed by atoms with van der Waals surface area (Å²) in [6.45, 7) is 0. The van der Waals surface area contributed by atoms with Crippen LogP contribution in [0.2, 0.25) is 0 Å². The molecule has 0 unspecified atom stereocenters. The highest BCUT2D eigenvalue weighted by molar-refractivity contribution is 7.86. The summed E-state index contributed by atoms with van der Waals surface area (Å²) in [5, 5.41) is 2.17. The van der Waals surface area contributed by atoms with Crippen LogP contribution in [0.5, 0.6) is 11.5 Å². The highest BCUT2D eigenvalue weighted by atomic mass is 32.2. The fraction of sp³-hybridized carbons (Fsp3) is 0.150. The third kappa shape index (κ3) is 3.78. The van der Waals surface area contributed by atoms with Crippen LogP contribution in [0.15, 0.2) is 65.6 Å². The van der Waals surface area contributed by atoms with Crippen molar-refractivity contribution in [3.63, 3.8) is 0 Å². The summed E-state index contributed by atoms with van der Waals surface area (Å²) in [6.07, 6.45) is 0. The number of fused-ring (bicyclic) bond motifs is 1. The van der Waals surface area contributed by atoms with Gasteiger partial charge in [-0.05, 0) is 35.7 Å². The largest absolute Gasteiger partial charge is 0.496 e. The molecule has 3 rings (SSSR count). The molecule has 3 aromatic carbocycles. The average molecular weight is 401 g/mol. The first-order valence-electron chi connectivity index (χ1n) is 8.30. The van der Waals surface area contributed by atoms with Gasteiger partial charge in [0, 0.05) is 12.4 Å². The van der Waals surface area contributed by atoms with E-state index in [2.05, 4.69) is 0 Å². The summed E-state index contributed by atoms with van der Waals surface area (Å²) in [7, 11) is 0.0706. The molecule has 0 aliphatic rings. The Morgan fingerprint density at radius 2 is 1.57 bits per heavy atom. The van der Waals surface area contributed by atoms with Gasteiger partial charge in [-0.15, -0.1) is 4.28 Å². The van der Waals surface area contributed by atoms with Crippen molar-refractivity contribution in [2.24, 2.45) is 0 Å². The van der Waals surface area contributed by atoms with Crippen molar-refractivity contribution in [3.05, 3.63) is 66.2 Å². The predicted octanol–water partition coefficient (Wildman–Crippen LogP) is 3.25.